The summed E-state index contributed by atoms with van der Waals surface area (Å²) in [6, 6.07) is 21.8. The molecule has 4 heterocycles. The van der Waals surface area contributed by atoms with Crippen LogP contribution in [0.4, 0.5) is 5.69 Å². The fourth-order valence-electron chi connectivity index (χ4n) is 9.62. The number of unbranched alkanes of at least 4 members (excludes halogenated alkanes) is 7. The molecule has 17 heteroatoms. The van der Waals surface area contributed by atoms with Crippen LogP contribution >= 0.6 is 11.3 Å². The number of pyridine rings is 1. The molecule has 3 aromatic carbocycles. The van der Waals surface area contributed by atoms with Crippen molar-refractivity contribution in [3.63, 3.8) is 0 Å². The third-order valence-electron chi connectivity index (χ3n) is 13.9. The molecule has 5 amide bonds. The predicted molar refractivity (Wildman–Crippen MR) is 298 cm³/mol. The molecular weight excluding hydrogens is 979 g/mol. The van der Waals surface area contributed by atoms with E-state index in [9.17, 15) is 33.9 Å². The van der Waals surface area contributed by atoms with Gasteiger partial charge in [-0.15, -0.1) is 11.3 Å². The number of carbonyl (C=O) groups is 5. The average molecular weight is 1050 g/mol. The lowest BCUT2D eigenvalue weighted by Crippen LogP contribution is -2.57. The van der Waals surface area contributed by atoms with Crippen LogP contribution in [-0.4, -0.2) is 83.8 Å². The highest BCUT2D eigenvalue weighted by molar-refractivity contribution is 7.13. The minimum absolute atomic E-state index is 0.0119. The van der Waals surface area contributed by atoms with Gasteiger partial charge in [0.1, 0.15) is 17.8 Å². The molecule has 0 spiro atoms. The van der Waals surface area contributed by atoms with Crippen molar-refractivity contribution in [3.05, 3.63) is 130 Å². The number of aliphatic hydroxyl groups is 1. The number of aliphatic hydroxyl groups excluding tert-OH is 1. The quantitative estimate of drug-likeness (QED) is 0.0362. The van der Waals surface area contributed by atoms with Gasteiger partial charge in [-0.3, -0.25) is 33.8 Å². The Kier molecular flexibility index (Phi) is 19.8. The Labute approximate surface area is 449 Å². The van der Waals surface area contributed by atoms with E-state index in [4.69, 9.17) is 4.98 Å². The van der Waals surface area contributed by atoms with Gasteiger partial charge in [0.15, 0.2) is 0 Å². The molecule has 0 radical (unpaired) electrons. The van der Waals surface area contributed by atoms with Crippen LogP contribution in [0.25, 0.3) is 32.7 Å². The normalized spacial score (nSPS) is 15.3. The number of β-amino-alcohol motifs (C(OH)–C–C–N with tert-alkyl or cyclic N) is 1. The number of nitrogens with one attached hydrogen (secondary N) is 4. The van der Waals surface area contributed by atoms with E-state index < -0.39 is 23.6 Å². The summed E-state index contributed by atoms with van der Waals surface area (Å²) < 4.78 is 1.69. The Hall–Kier alpha value is -7.11. The highest BCUT2D eigenvalue weighted by Crippen LogP contribution is 2.30. The van der Waals surface area contributed by atoms with E-state index in [-0.39, 0.29) is 66.2 Å². The zero-order chi connectivity index (χ0) is 54.4. The third kappa shape index (κ3) is 15.1. The monoisotopic (exact) mass is 1050 g/mol. The molecule has 6 aromatic rings. The van der Waals surface area contributed by atoms with E-state index in [2.05, 4.69) is 31.2 Å². The minimum atomic E-state index is -0.879. The van der Waals surface area contributed by atoms with Crippen LogP contribution in [0.1, 0.15) is 145 Å². The summed E-state index contributed by atoms with van der Waals surface area (Å²) in [5.41, 5.74) is 7.95. The average Bonchev–Trinajstić information content (AvgIpc) is 4.03. The molecule has 1 aliphatic heterocycles. The Balaban J connectivity index is 0.798. The van der Waals surface area contributed by atoms with Crippen molar-refractivity contribution in [1.82, 2.24) is 40.4 Å². The predicted octanol–water partition coefficient (Wildman–Crippen LogP) is 9.44. The van der Waals surface area contributed by atoms with Crippen LogP contribution in [0.2, 0.25) is 0 Å². The second-order valence-electron chi connectivity index (χ2n) is 21.0. The van der Waals surface area contributed by atoms with E-state index in [1.54, 1.807) is 64.7 Å². The van der Waals surface area contributed by atoms with Crippen molar-refractivity contribution >= 4 is 57.6 Å². The maximum Gasteiger partial charge on any atom is 0.277 e. The molecule has 0 saturated carbocycles. The second-order valence-corrected chi connectivity index (χ2v) is 21.9. The lowest BCUT2D eigenvalue weighted by molar-refractivity contribution is -0.144. The minimum Gasteiger partial charge on any atom is -0.391 e. The van der Waals surface area contributed by atoms with Crippen molar-refractivity contribution in [2.24, 2.45) is 5.41 Å². The number of carbonyl (C=O) groups excluding carboxylic acids is 5. The second kappa shape index (κ2) is 26.6. The van der Waals surface area contributed by atoms with Crippen molar-refractivity contribution in [2.75, 3.05) is 11.9 Å². The number of thiazole rings is 1. The zero-order valence-electron chi connectivity index (χ0n) is 44.7. The SMILES string of the molecule is CCCn1c(=O)c(-c2ccc(C(=O)NCc3cccnc3)cc2)nc2ccc(NC(=O)CCCCCCCCCCC(=O)N[C@H](C(=O)N3C[C@H](O)C[C@H]3C(=O)N[C@@H](C)c3ccc(-c4scnc4C)cc3)C(C)(C)C)cc21. The summed E-state index contributed by atoms with van der Waals surface area (Å²) in [4.78, 5) is 96.4. The van der Waals surface area contributed by atoms with Crippen LogP contribution in [0.15, 0.2) is 102 Å². The van der Waals surface area contributed by atoms with E-state index in [0.717, 1.165) is 72.2 Å². The van der Waals surface area contributed by atoms with Gasteiger partial charge in [-0.2, -0.15) is 0 Å². The summed E-state index contributed by atoms with van der Waals surface area (Å²) in [7, 11) is 0. The molecule has 0 aliphatic carbocycles. The van der Waals surface area contributed by atoms with E-state index in [1.165, 1.54) is 4.90 Å². The molecule has 4 atom stereocenters. The van der Waals surface area contributed by atoms with Crippen LogP contribution < -0.4 is 26.8 Å². The molecule has 76 heavy (non-hydrogen) atoms. The largest absolute Gasteiger partial charge is 0.391 e. The third-order valence-corrected chi connectivity index (χ3v) is 14.9. The standard InChI is InChI=1S/C59H73N9O7S/c1-7-31-67-48-32-45(28-29-47(48)65-52(57(67)74)42-22-26-44(27-23-42)55(72)61-35-40-17-16-30-60-34-40)64-50(70)18-14-12-10-8-9-11-13-15-19-51(71)66-54(59(4,5)6)58(75)68-36-46(69)33-49(68)56(73)63-38(2)41-20-24-43(25-21-41)53-39(3)62-37-76-53/h16-17,20-30,32,34,37-38,46,49,54,69H,7-15,18-19,31,33,35-36H2,1-6H3,(H,61,72)(H,63,73)(H,64,70)(H,66,71)/t38-,46+,49-,54+/m0/s1. The van der Waals surface area contributed by atoms with Crippen LogP contribution in [0.5, 0.6) is 0 Å². The zero-order valence-corrected chi connectivity index (χ0v) is 45.5. The van der Waals surface area contributed by atoms with E-state index in [1.807, 2.05) is 89.5 Å². The highest BCUT2D eigenvalue weighted by atomic mass is 32.1. The molecular formula is C59H73N9O7S. The summed E-state index contributed by atoms with van der Waals surface area (Å²) in [5.74, 6) is -1.28. The summed E-state index contributed by atoms with van der Waals surface area (Å²) in [5, 5.41) is 22.6. The van der Waals surface area contributed by atoms with Gasteiger partial charge in [-0.1, -0.05) is 109 Å². The topological polar surface area (TPSA) is 218 Å². The van der Waals surface area contributed by atoms with Gasteiger partial charge in [0.2, 0.25) is 23.6 Å². The van der Waals surface area contributed by atoms with Crippen molar-refractivity contribution in [1.29, 1.82) is 0 Å². The fourth-order valence-corrected chi connectivity index (χ4v) is 10.4. The maximum atomic E-state index is 14.1. The number of nitrogens with zero attached hydrogens (tertiary/aromatic N) is 5. The van der Waals surface area contributed by atoms with Gasteiger partial charge in [-0.25, -0.2) is 9.97 Å². The Morgan fingerprint density at radius 2 is 1.51 bits per heavy atom. The number of anilines is 1. The van der Waals surface area contributed by atoms with Crippen molar-refractivity contribution < 1.29 is 29.1 Å². The molecule has 7 rings (SSSR count). The number of benzene rings is 3. The number of aryl methyl sites for hydroxylation is 2. The molecule has 1 fully saturated rings. The molecule has 16 nitrogen and oxygen atoms in total. The van der Waals surface area contributed by atoms with Crippen molar-refractivity contribution in [2.45, 2.75) is 156 Å². The Morgan fingerprint density at radius 1 is 0.842 bits per heavy atom. The first-order chi connectivity index (χ1) is 36.5. The lowest BCUT2D eigenvalue weighted by atomic mass is 9.85. The first-order valence-electron chi connectivity index (χ1n) is 26.7. The molecule has 1 aliphatic rings. The first-order valence-corrected chi connectivity index (χ1v) is 27.6. The summed E-state index contributed by atoms with van der Waals surface area (Å²) in [6.07, 6.45) is 11.2. The van der Waals surface area contributed by atoms with Gasteiger partial charge in [0.25, 0.3) is 11.5 Å². The smallest absolute Gasteiger partial charge is 0.277 e. The van der Waals surface area contributed by atoms with Gasteiger partial charge < -0.3 is 35.8 Å². The van der Waals surface area contributed by atoms with Crippen LogP contribution in [-0.2, 0) is 32.3 Å². The van der Waals surface area contributed by atoms with Gasteiger partial charge in [0.05, 0.1) is 39.3 Å². The van der Waals surface area contributed by atoms with Crippen LogP contribution in [0, 0.1) is 12.3 Å². The Bertz CT molecular complexity index is 3010. The van der Waals surface area contributed by atoms with E-state index >= 15 is 0 Å². The molecule has 3 aromatic heterocycles. The van der Waals surface area contributed by atoms with Crippen molar-refractivity contribution in [3.8, 4) is 21.7 Å². The van der Waals surface area contributed by atoms with Gasteiger partial charge in [-0.05, 0) is 91.6 Å². The number of hydrogen-bond acceptors (Lipinski definition) is 11. The fraction of sp³-hybridized carbons (Fsp3) is 0.441. The number of rotatable bonds is 24. The van der Waals surface area contributed by atoms with Gasteiger partial charge >= 0.3 is 0 Å². The summed E-state index contributed by atoms with van der Waals surface area (Å²) >= 11 is 1.58. The lowest BCUT2D eigenvalue weighted by Gasteiger charge is -2.35. The number of likely N-dealkylation sites (tertiary alicyclic amines) is 1. The molecule has 0 bridgehead atoms. The van der Waals surface area contributed by atoms with Crippen LogP contribution in [0.3, 0.4) is 0 Å². The Morgan fingerprint density at radius 3 is 2.14 bits per heavy atom. The number of hydrogen-bond donors (Lipinski definition) is 5. The molecule has 0 unspecified atom stereocenters. The first kappa shape index (κ1) is 56.6. The summed E-state index contributed by atoms with van der Waals surface area (Å²) in [6.45, 7) is 12.3. The highest BCUT2D eigenvalue weighted by Gasteiger charge is 2.44. The molecule has 1 saturated heterocycles. The number of amides is 5. The molecule has 402 valence electrons. The maximum absolute atomic E-state index is 14.1. The number of fused-ring (bicyclic) bond motifs is 1. The van der Waals surface area contributed by atoms with E-state index in [0.29, 0.717) is 60.2 Å². The molecule has 5 N–H and O–H groups in total. The number of aromatic nitrogens is 4. The van der Waals surface area contributed by atoms with Gasteiger partial charge in [0, 0.05) is 68.1 Å².